The number of carboxylic acids is 1. The number of nitrogens with two attached hydrogens (primary N) is 1. The van der Waals surface area contributed by atoms with Crippen LogP contribution in [0.1, 0.15) is 6.42 Å². The second-order valence-electron chi connectivity index (χ2n) is 3.69. The van der Waals surface area contributed by atoms with Crippen LogP contribution in [0.2, 0.25) is 0 Å². The summed E-state index contributed by atoms with van der Waals surface area (Å²) in [6, 6.07) is 5.50. The third-order valence-electron chi connectivity index (χ3n) is 2.17. The molecule has 0 atom stereocenters. The zero-order valence-corrected chi connectivity index (χ0v) is 11.0. The van der Waals surface area contributed by atoms with Crippen LogP contribution in [0, 0.1) is 0 Å². The highest BCUT2D eigenvalue weighted by molar-refractivity contribution is 7.89. The van der Waals surface area contributed by atoms with Crippen molar-refractivity contribution < 1.29 is 23.1 Å². The zero-order chi connectivity index (χ0) is 14.3. The summed E-state index contributed by atoms with van der Waals surface area (Å²) in [5.74, 6) is -0.802. The lowest BCUT2D eigenvalue weighted by Crippen LogP contribution is -2.26. The summed E-state index contributed by atoms with van der Waals surface area (Å²) in [5, 5.41) is 8.44. The van der Waals surface area contributed by atoms with Gasteiger partial charge in [0.1, 0.15) is 5.75 Å². The van der Waals surface area contributed by atoms with Crippen LogP contribution in [-0.4, -0.2) is 39.2 Å². The van der Waals surface area contributed by atoms with E-state index in [0.717, 1.165) is 0 Å². The molecule has 0 aliphatic carbocycles. The number of benzene rings is 1. The molecular weight excluding hydrogens is 272 g/mol. The van der Waals surface area contributed by atoms with E-state index in [0.29, 0.717) is 18.7 Å². The van der Waals surface area contributed by atoms with E-state index in [4.69, 9.17) is 15.6 Å². The van der Waals surface area contributed by atoms with Crippen LogP contribution in [0.4, 0.5) is 0 Å². The van der Waals surface area contributed by atoms with Crippen LogP contribution in [0.5, 0.6) is 5.75 Å². The first-order valence-corrected chi connectivity index (χ1v) is 7.08. The van der Waals surface area contributed by atoms with Crippen LogP contribution in [0.15, 0.2) is 29.2 Å². The molecule has 0 fully saturated rings. The highest BCUT2D eigenvalue weighted by atomic mass is 32.2. The number of carboxylic acid groups (broad SMARTS) is 1. The highest BCUT2D eigenvalue weighted by Crippen LogP contribution is 2.15. The molecule has 1 aromatic rings. The molecule has 0 unspecified atom stereocenters. The number of carbonyl (C=O) groups is 1. The van der Waals surface area contributed by atoms with Crippen molar-refractivity contribution in [2.24, 2.45) is 5.73 Å². The summed E-state index contributed by atoms with van der Waals surface area (Å²) in [6.07, 6.45) is 0.555. The molecule has 0 heterocycles. The SMILES string of the molecule is NCCCNS(=O)(=O)c1ccc(OCC(=O)O)cc1. The van der Waals surface area contributed by atoms with Gasteiger partial charge in [0.2, 0.25) is 10.0 Å². The number of ether oxygens (including phenoxy) is 1. The van der Waals surface area contributed by atoms with E-state index >= 15 is 0 Å². The Hall–Kier alpha value is -1.64. The van der Waals surface area contributed by atoms with Gasteiger partial charge >= 0.3 is 5.97 Å². The molecule has 1 aromatic carbocycles. The van der Waals surface area contributed by atoms with Crippen molar-refractivity contribution in [3.63, 3.8) is 0 Å². The molecule has 0 bridgehead atoms. The van der Waals surface area contributed by atoms with Gasteiger partial charge in [0.25, 0.3) is 0 Å². The third-order valence-corrected chi connectivity index (χ3v) is 3.65. The van der Waals surface area contributed by atoms with E-state index in [2.05, 4.69) is 4.72 Å². The van der Waals surface area contributed by atoms with Gasteiger partial charge in [0.05, 0.1) is 4.90 Å². The molecule has 8 heteroatoms. The fraction of sp³-hybridized carbons (Fsp3) is 0.364. The van der Waals surface area contributed by atoms with E-state index in [-0.39, 0.29) is 11.4 Å². The number of hydrogen-bond acceptors (Lipinski definition) is 5. The molecule has 4 N–H and O–H groups in total. The van der Waals surface area contributed by atoms with Gasteiger partial charge in [-0.2, -0.15) is 0 Å². The van der Waals surface area contributed by atoms with E-state index < -0.39 is 22.6 Å². The van der Waals surface area contributed by atoms with Crippen LogP contribution in [0.25, 0.3) is 0 Å². The lowest BCUT2D eigenvalue weighted by Gasteiger charge is -2.07. The molecule has 0 aliphatic heterocycles. The molecule has 19 heavy (non-hydrogen) atoms. The summed E-state index contributed by atoms with van der Waals surface area (Å²) in [7, 11) is -3.56. The molecule has 0 aliphatic rings. The minimum atomic E-state index is -3.56. The Bertz CT molecular complexity index is 512. The van der Waals surface area contributed by atoms with Gasteiger partial charge in [-0.15, -0.1) is 0 Å². The van der Waals surface area contributed by atoms with Crippen LogP contribution >= 0.6 is 0 Å². The Kier molecular flexibility index (Phi) is 5.74. The molecule has 0 saturated heterocycles. The van der Waals surface area contributed by atoms with Crippen molar-refractivity contribution in [1.29, 1.82) is 0 Å². The molecule has 0 aromatic heterocycles. The van der Waals surface area contributed by atoms with Gasteiger partial charge in [0, 0.05) is 6.54 Å². The number of nitrogens with one attached hydrogen (secondary N) is 1. The van der Waals surface area contributed by atoms with Crippen molar-refractivity contribution in [1.82, 2.24) is 4.72 Å². The Labute approximate surface area is 111 Å². The average Bonchev–Trinajstić information content (AvgIpc) is 2.37. The number of hydrogen-bond donors (Lipinski definition) is 3. The van der Waals surface area contributed by atoms with Gasteiger partial charge in [-0.3, -0.25) is 0 Å². The number of aliphatic carboxylic acids is 1. The van der Waals surface area contributed by atoms with Crippen molar-refractivity contribution in [2.75, 3.05) is 19.7 Å². The lowest BCUT2D eigenvalue weighted by atomic mass is 10.3. The van der Waals surface area contributed by atoms with Crippen LogP contribution < -0.4 is 15.2 Å². The maximum absolute atomic E-state index is 11.8. The van der Waals surface area contributed by atoms with Crippen molar-refractivity contribution in [2.45, 2.75) is 11.3 Å². The topological polar surface area (TPSA) is 119 Å². The Morgan fingerprint density at radius 2 is 1.95 bits per heavy atom. The van der Waals surface area contributed by atoms with Gasteiger partial charge in [-0.05, 0) is 37.2 Å². The summed E-state index contributed by atoms with van der Waals surface area (Å²) in [5.41, 5.74) is 5.27. The van der Waals surface area contributed by atoms with E-state index in [1.54, 1.807) is 0 Å². The van der Waals surface area contributed by atoms with Gasteiger partial charge in [-0.1, -0.05) is 0 Å². The van der Waals surface area contributed by atoms with Crippen molar-refractivity contribution in [3.05, 3.63) is 24.3 Å². The molecule has 7 nitrogen and oxygen atoms in total. The highest BCUT2D eigenvalue weighted by Gasteiger charge is 2.13. The summed E-state index contributed by atoms with van der Waals surface area (Å²) >= 11 is 0. The maximum atomic E-state index is 11.8. The molecule has 0 radical (unpaired) electrons. The van der Waals surface area contributed by atoms with Crippen LogP contribution in [-0.2, 0) is 14.8 Å². The monoisotopic (exact) mass is 288 g/mol. The second kappa shape index (κ2) is 7.07. The molecule has 0 spiro atoms. The van der Waals surface area contributed by atoms with Crippen molar-refractivity contribution >= 4 is 16.0 Å². The van der Waals surface area contributed by atoms with Gasteiger partial charge in [-0.25, -0.2) is 17.9 Å². The first-order chi connectivity index (χ1) is 8.95. The third kappa shape index (κ3) is 5.25. The predicted octanol–water partition coefficient (Wildman–Crippen LogP) is -0.223. The van der Waals surface area contributed by atoms with Crippen LogP contribution in [0.3, 0.4) is 0 Å². The normalized spacial score (nSPS) is 11.2. The standard InChI is InChI=1S/C11H16N2O5S/c12-6-1-7-13-19(16,17)10-4-2-9(3-5-10)18-8-11(14)15/h2-5,13H,1,6-8,12H2,(H,14,15). The second-order valence-corrected chi connectivity index (χ2v) is 5.46. The van der Waals surface area contributed by atoms with E-state index in [1.807, 2.05) is 0 Å². The molecule has 0 saturated carbocycles. The van der Waals surface area contributed by atoms with E-state index in [9.17, 15) is 13.2 Å². The maximum Gasteiger partial charge on any atom is 0.341 e. The molecule has 0 amide bonds. The molecule has 106 valence electrons. The van der Waals surface area contributed by atoms with Gasteiger partial charge < -0.3 is 15.6 Å². The predicted molar refractivity (Wildman–Crippen MR) is 68.4 cm³/mol. The lowest BCUT2D eigenvalue weighted by molar-refractivity contribution is -0.139. The minimum Gasteiger partial charge on any atom is -0.482 e. The number of rotatable bonds is 8. The number of sulfonamides is 1. The summed E-state index contributed by atoms with van der Waals surface area (Å²) in [4.78, 5) is 10.4. The first-order valence-electron chi connectivity index (χ1n) is 5.60. The summed E-state index contributed by atoms with van der Waals surface area (Å²) < 4.78 is 30.9. The van der Waals surface area contributed by atoms with Crippen molar-refractivity contribution in [3.8, 4) is 5.75 Å². The quantitative estimate of drug-likeness (QED) is 0.569. The largest absolute Gasteiger partial charge is 0.482 e. The van der Waals surface area contributed by atoms with Gasteiger partial charge in [0.15, 0.2) is 6.61 Å². The molecule has 1 rings (SSSR count). The Morgan fingerprint density at radius 3 is 2.47 bits per heavy atom. The zero-order valence-electron chi connectivity index (χ0n) is 10.2. The Morgan fingerprint density at radius 1 is 1.32 bits per heavy atom. The Balaban J connectivity index is 2.66. The molecular formula is C11H16N2O5S. The fourth-order valence-electron chi connectivity index (χ4n) is 1.25. The smallest absolute Gasteiger partial charge is 0.341 e. The first kappa shape index (κ1) is 15.4. The fourth-order valence-corrected chi connectivity index (χ4v) is 2.33. The average molecular weight is 288 g/mol. The van der Waals surface area contributed by atoms with E-state index in [1.165, 1.54) is 24.3 Å². The summed E-state index contributed by atoms with van der Waals surface area (Å²) in [6.45, 7) is 0.210. The minimum absolute atomic E-state index is 0.0900.